The van der Waals surface area contributed by atoms with Crippen LogP contribution in [0.15, 0.2) is 30.9 Å². The van der Waals surface area contributed by atoms with E-state index < -0.39 is 0 Å². The van der Waals surface area contributed by atoms with Gasteiger partial charge in [0, 0.05) is 11.6 Å². The van der Waals surface area contributed by atoms with Crippen molar-refractivity contribution in [2.75, 3.05) is 18.4 Å². The second-order valence-corrected chi connectivity index (χ2v) is 5.39. The minimum Gasteiger partial charge on any atom is -0.314 e. The molecule has 0 bridgehead atoms. The molecule has 0 spiro atoms. The lowest BCUT2D eigenvalue weighted by Crippen LogP contribution is -2.36. The first-order chi connectivity index (χ1) is 9.63. The molecule has 2 amide bonds. The maximum absolute atomic E-state index is 12.0. The van der Waals surface area contributed by atoms with Crippen LogP contribution in [0, 0.1) is 0 Å². The van der Waals surface area contributed by atoms with E-state index in [4.69, 9.17) is 11.6 Å². The van der Waals surface area contributed by atoms with Gasteiger partial charge in [-0.3, -0.25) is 5.32 Å². The predicted molar refractivity (Wildman–Crippen MR) is 81.5 cm³/mol. The van der Waals surface area contributed by atoms with Crippen LogP contribution in [0.1, 0.15) is 0 Å². The third-order valence-electron chi connectivity index (χ3n) is 2.50. The van der Waals surface area contributed by atoms with Gasteiger partial charge in [0.1, 0.15) is 6.29 Å². The Morgan fingerprint density at radius 1 is 1.50 bits per heavy atom. The third kappa shape index (κ3) is 3.34. The molecule has 0 radical (unpaired) electrons. The van der Waals surface area contributed by atoms with Gasteiger partial charge in [0.25, 0.3) is 0 Å². The summed E-state index contributed by atoms with van der Waals surface area (Å²) in [7, 11) is 0. The average Bonchev–Trinajstić information content (AvgIpc) is 2.79. The smallest absolute Gasteiger partial charge is 0.314 e. The largest absolute Gasteiger partial charge is 0.324 e. The molecule has 1 N–H and O–H groups in total. The summed E-state index contributed by atoms with van der Waals surface area (Å²) in [5.41, 5.74) is 0.764. The molecule has 1 aromatic carbocycles. The van der Waals surface area contributed by atoms with Gasteiger partial charge in [0.15, 0.2) is 5.13 Å². The monoisotopic (exact) mass is 309 g/mol. The van der Waals surface area contributed by atoms with Gasteiger partial charge in [-0.2, -0.15) is 0 Å². The predicted octanol–water partition coefficient (Wildman–Crippen LogP) is 3.17. The average molecular weight is 310 g/mol. The normalized spacial score (nSPS) is 10.2. The second-order valence-electron chi connectivity index (χ2n) is 3.92. The van der Waals surface area contributed by atoms with Gasteiger partial charge in [-0.05, 0) is 18.2 Å². The molecular weight excluding hydrogens is 298 g/mol. The number of fused-ring (bicyclic) bond motifs is 1. The molecule has 0 saturated heterocycles. The summed E-state index contributed by atoms with van der Waals surface area (Å²) in [5.74, 6) is 0. The minimum absolute atomic E-state index is 0.00851. The molecule has 0 unspecified atom stereocenters. The topological polar surface area (TPSA) is 62.3 Å². The number of nitrogens with zero attached hydrogens (tertiary/aromatic N) is 2. The fourth-order valence-corrected chi connectivity index (χ4v) is 2.74. The number of carbonyl (C=O) groups excluding carboxylic acids is 2. The number of carbonyl (C=O) groups is 2. The van der Waals surface area contributed by atoms with Crippen molar-refractivity contribution in [1.29, 1.82) is 0 Å². The van der Waals surface area contributed by atoms with Gasteiger partial charge in [-0.15, -0.1) is 6.58 Å². The Labute approximate surface area is 124 Å². The number of urea groups is 1. The van der Waals surface area contributed by atoms with Crippen LogP contribution >= 0.6 is 22.9 Å². The van der Waals surface area contributed by atoms with E-state index in [0.29, 0.717) is 23.0 Å². The van der Waals surface area contributed by atoms with Crippen molar-refractivity contribution in [2.24, 2.45) is 0 Å². The van der Waals surface area contributed by atoms with Gasteiger partial charge < -0.3 is 9.69 Å². The Hall–Kier alpha value is -1.92. The number of rotatable bonds is 5. The lowest BCUT2D eigenvalue weighted by atomic mass is 10.3. The number of hydrogen-bond acceptors (Lipinski definition) is 4. The first-order valence-corrected chi connectivity index (χ1v) is 7.00. The van der Waals surface area contributed by atoms with Crippen molar-refractivity contribution in [3.63, 3.8) is 0 Å². The zero-order chi connectivity index (χ0) is 14.5. The van der Waals surface area contributed by atoms with Crippen LogP contribution in [0.5, 0.6) is 0 Å². The molecule has 2 aromatic rings. The number of aldehydes is 1. The second kappa shape index (κ2) is 6.49. The molecular formula is C13H12ClN3O2S. The number of hydrogen-bond donors (Lipinski definition) is 1. The van der Waals surface area contributed by atoms with Gasteiger partial charge in [-0.25, -0.2) is 9.78 Å². The number of aromatic nitrogens is 1. The highest BCUT2D eigenvalue weighted by atomic mass is 35.5. The Bertz CT molecular complexity index is 646. The number of nitrogens with one attached hydrogen (secondary N) is 1. The number of amides is 2. The maximum Gasteiger partial charge on any atom is 0.324 e. The summed E-state index contributed by atoms with van der Waals surface area (Å²) in [5, 5.41) is 3.75. The van der Waals surface area contributed by atoms with E-state index >= 15 is 0 Å². The molecule has 0 fully saturated rings. The number of halogens is 1. The lowest BCUT2D eigenvalue weighted by molar-refractivity contribution is -0.108. The minimum atomic E-state index is -0.387. The molecule has 0 aliphatic rings. The van der Waals surface area contributed by atoms with Crippen molar-refractivity contribution in [3.05, 3.63) is 35.9 Å². The van der Waals surface area contributed by atoms with Crippen LogP contribution in [0.25, 0.3) is 10.2 Å². The van der Waals surface area contributed by atoms with E-state index in [1.807, 2.05) is 0 Å². The lowest BCUT2D eigenvalue weighted by Gasteiger charge is -2.17. The van der Waals surface area contributed by atoms with Crippen molar-refractivity contribution < 1.29 is 9.59 Å². The van der Waals surface area contributed by atoms with E-state index in [0.717, 1.165) is 10.2 Å². The third-order valence-corrected chi connectivity index (χ3v) is 3.66. The zero-order valence-electron chi connectivity index (χ0n) is 10.5. The Balaban J connectivity index is 2.15. The highest BCUT2D eigenvalue weighted by molar-refractivity contribution is 7.22. The molecule has 5 nitrogen and oxygen atoms in total. The number of thiazole rings is 1. The van der Waals surface area contributed by atoms with E-state index in [2.05, 4.69) is 16.9 Å². The summed E-state index contributed by atoms with van der Waals surface area (Å²) < 4.78 is 0.887. The highest BCUT2D eigenvalue weighted by Gasteiger charge is 2.14. The van der Waals surface area contributed by atoms with Crippen molar-refractivity contribution in [3.8, 4) is 0 Å². The Morgan fingerprint density at radius 3 is 3.00 bits per heavy atom. The fraction of sp³-hybridized carbons (Fsp3) is 0.154. The number of anilines is 1. The molecule has 0 atom stereocenters. The van der Waals surface area contributed by atoms with Crippen LogP contribution in [0.4, 0.5) is 9.93 Å². The summed E-state index contributed by atoms with van der Waals surface area (Å²) in [4.78, 5) is 28.1. The van der Waals surface area contributed by atoms with Gasteiger partial charge in [0.2, 0.25) is 0 Å². The highest BCUT2D eigenvalue weighted by Crippen LogP contribution is 2.28. The van der Waals surface area contributed by atoms with Crippen LogP contribution in [-0.4, -0.2) is 35.3 Å². The summed E-state index contributed by atoms with van der Waals surface area (Å²) >= 11 is 7.23. The molecule has 2 rings (SSSR count). The molecule has 7 heteroatoms. The van der Waals surface area contributed by atoms with Gasteiger partial charge in [-0.1, -0.05) is 29.0 Å². The van der Waals surface area contributed by atoms with Crippen LogP contribution in [-0.2, 0) is 4.79 Å². The van der Waals surface area contributed by atoms with E-state index in [1.165, 1.54) is 16.2 Å². The SMILES string of the molecule is C=CCN(CC=O)C(=O)Nc1nc2ccc(Cl)cc2s1. The summed E-state index contributed by atoms with van der Waals surface area (Å²) in [6.07, 6.45) is 2.22. The summed E-state index contributed by atoms with van der Waals surface area (Å²) in [6, 6.07) is 4.93. The maximum atomic E-state index is 12.0. The Morgan fingerprint density at radius 2 is 2.30 bits per heavy atom. The standard InChI is InChI=1S/C13H12ClN3O2S/c1-2-5-17(6-7-18)13(19)16-12-15-10-4-3-9(14)8-11(10)20-12/h2-4,7-8H,1,5-6H2,(H,15,16,19). The van der Waals surface area contributed by atoms with Gasteiger partial charge >= 0.3 is 6.03 Å². The van der Waals surface area contributed by atoms with Crippen LogP contribution in [0.3, 0.4) is 0 Å². The van der Waals surface area contributed by atoms with Crippen LogP contribution < -0.4 is 5.32 Å². The number of benzene rings is 1. The molecule has 1 aromatic heterocycles. The Kier molecular flexibility index (Phi) is 4.70. The zero-order valence-corrected chi connectivity index (χ0v) is 12.1. The molecule has 104 valence electrons. The van der Waals surface area contributed by atoms with Gasteiger partial charge in [0.05, 0.1) is 16.8 Å². The molecule has 0 aliphatic carbocycles. The molecule has 20 heavy (non-hydrogen) atoms. The molecule has 0 saturated carbocycles. The summed E-state index contributed by atoms with van der Waals surface area (Å²) in [6.45, 7) is 3.85. The first kappa shape index (κ1) is 14.5. The molecule has 1 heterocycles. The van der Waals surface area contributed by atoms with Crippen LogP contribution in [0.2, 0.25) is 5.02 Å². The van der Waals surface area contributed by atoms with Crippen molar-refractivity contribution >= 4 is 50.6 Å². The van der Waals surface area contributed by atoms with Crippen molar-refractivity contribution in [2.45, 2.75) is 0 Å². The van der Waals surface area contributed by atoms with E-state index in [-0.39, 0.29) is 12.6 Å². The fourth-order valence-electron chi connectivity index (χ4n) is 1.61. The quantitative estimate of drug-likeness (QED) is 0.681. The van der Waals surface area contributed by atoms with E-state index in [1.54, 1.807) is 24.3 Å². The van der Waals surface area contributed by atoms with E-state index in [9.17, 15) is 9.59 Å². The van der Waals surface area contributed by atoms with Crippen molar-refractivity contribution in [1.82, 2.24) is 9.88 Å². The first-order valence-electron chi connectivity index (χ1n) is 5.80. The molecule has 0 aliphatic heterocycles.